The molecule has 1 N–H and O–H groups in total. The van der Waals surface area contributed by atoms with E-state index in [9.17, 15) is 22.4 Å². The van der Waals surface area contributed by atoms with Crippen LogP contribution < -0.4 is 5.32 Å². The molecule has 0 unspecified atom stereocenters. The van der Waals surface area contributed by atoms with Crippen molar-refractivity contribution in [1.29, 1.82) is 0 Å². The fourth-order valence-corrected chi connectivity index (χ4v) is 1.91. The normalized spacial score (nSPS) is 11.3. The first kappa shape index (κ1) is 16.0. The molecule has 0 aliphatic carbocycles. The summed E-state index contributed by atoms with van der Waals surface area (Å²) in [5, 5.41) is 2.58. The van der Waals surface area contributed by atoms with Crippen LogP contribution in [0.25, 0.3) is 0 Å². The summed E-state index contributed by atoms with van der Waals surface area (Å²) in [6.45, 7) is 0.193. The van der Waals surface area contributed by atoms with Gasteiger partial charge < -0.3 is 5.32 Å². The van der Waals surface area contributed by atoms with E-state index in [1.54, 1.807) is 0 Å². The third-order valence-electron chi connectivity index (χ3n) is 3.02. The van der Waals surface area contributed by atoms with E-state index < -0.39 is 17.6 Å². The fourth-order valence-electron chi connectivity index (χ4n) is 1.91. The average molecular weight is 311 g/mol. The first-order chi connectivity index (χ1) is 10.3. The summed E-state index contributed by atoms with van der Waals surface area (Å²) in [4.78, 5) is 11.7. The molecule has 22 heavy (non-hydrogen) atoms. The van der Waals surface area contributed by atoms with Gasteiger partial charge in [0, 0.05) is 6.54 Å². The highest BCUT2D eigenvalue weighted by Crippen LogP contribution is 2.29. The Morgan fingerprint density at radius 1 is 1.00 bits per heavy atom. The molecule has 0 saturated heterocycles. The highest BCUT2D eigenvalue weighted by Gasteiger charge is 2.30. The topological polar surface area (TPSA) is 29.1 Å². The van der Waals surface area contributed by atoms with Gasteiger partial charge in [0.05, 0.1) is 12.0 Å². The Labute approximate surface area is 124 Å². The van der Waals surface area contributed by atoms with Gasteiger partial charge in [0.1, 0.15) is 5.82 Å². The Hall–Kier alpha value is -2.37. The number of carbonyl (C=O) groups is 1. The van der Waals surface area contributed by atoms with E-state index in [2.05, 4.69) is 5.32 Å². The Morgan fingerprint density at radius 3 is 2.32 bits per heavy atom. The van der Waals surface area contributed by atoms with Crippen molar-refractivity contribution >= 4 is 5.91 Å². The summed E-state index contributed by atoms with van der Waals surface area (Å²) >= 11 is 0. The summed E-state index contributed by atoms with van der Waals surface area (Å²) in [5.41, 5.74) is 0.210. The van der Waals surface area contributed by atoms with Crippen LogP contribution >= 0.6 is 0 Å². The summed E-state index contributed by atoms with van der Waals surface area (Å²) < 4.78 is 50.5. The van der Waals surface area contributed by atoms with Gasteiger partial charge in [-0.25, -0.2) is 4.39 Å². The van der Waals surface area contributed by atoms with Crippen LogP contribution in [0.4, 0.5) is 17.6 Å². The van der Waals surface area contributed by atoms with Gasteiger partial charge in [-0.1, -0.05) is 30.3 Å². The van der Waals surface area contributed by atoms with Crippen molar-refractivity contribution in [3.8, 4) is 0 Å². The van der Waals surface area contributed by atoms with E-state index in [1.807, 2.05) is 0 Å². The first-order valence-electron chi connectivity index (χ1n) is 6.52. The molecule has 0 radical (unpaired) electrons. The molecule has 2 aromatic rings. The minimum absolute atomic E-state index is 0.148. The molecule has 0 atom stereocenters. The van der Waals surface area contributed by atoms with Gasteiger partial charge in [-0.15, -0.1) is 0 Å². The molecule has 6 heteroatoms. The van der Waals surface area contributed by atoms with Crippen molar-refractivity contribution in [2.75, 3.05) is 0 Å². The smallest absolute Gasteiger partial charge is 0.352 e. The van der Waals surface area contributed by atoms with Crippen LogP contribution in [0.5, 0.6) is 0 Å². The van der Waals surface area contributed by atoms with Crippen LogP contribution in [0.1, 0.15) is 16.7 Å². The van der Waals surface area contributed by atoms with E-state index in [4.69, 9.17) is 0 Å². The van der Waals surface area contributed by atoms with E-state index in [0.29, 0.717) is 5.56 Å². The lowest BCUT2D eigenvalue weighted by Gasteiger charge is -2.09. The lowest BCUT2D eigenvalue weighted by molar-refractivity contribution is -0.137. The second-order valence-corrected chi connectivity index (χ2v) is 4.78. The van der Waals surface area contributed by atoms with Crippen molar-refractivity contribution in [2.45, 2.75) is 19.1 Å². The summed E-state index contributed by atoms with van der Waals surface area (Å²) in [6, 6.07) is 10.2. The van der Waals surface area contributed by atoms with Crippen LogP contribution in [-0.2, 0) is 23.9 Å². The predicted molar refractivity (Wildman–Crippen MR) is 73.4 cm³/mol. The monoisotopic (exact) mass is 311 g/mol. The van der Waals surface area contributed by atoms with Gasteiger partial charge in [-0.05, 0) is 29.3 Å². The first-order valence-corrected chi connectivity index (χ1v) is 6.52. The average Bonchev–Trinajstić information content (AvgIpc) is 2.46. The molecular weight excluding hydrogens is 298 g/mol. The van der Waals surface area contributed by atoms with E-state index in [0.717, 1.165) is 12.1 Å². The van der Waals surface area contributed by atoms with Crippen LogP contribution in [0.2, 0.25) is 0 Å². The lowest BCUT2D eigenvalue weighted by atomic mass is 10.1. The molecule has 2 nitrogen and oxygen atoms in total. The Bertz CT molecular complexity index is 650. The minimum atomic E-state index is -4.43. The molecule has 0 aromatic heterocycles. The highest BCUT2D eigenvalue weighted by molar-refractivity contribution is 5.78. The van der Waals surface area contributed by atoms with Crippen molar-refractivity contribution in [2.24, 2.45) is 0 Å². The quantitative estimate of drug-likeness (QED) is 0.857. The molecule has 0 aliphatic heterocycles. The molecule has 0 heterocycles. The third-order valence-corrected chi connectivity index (χ3v) is 3.02. The zero-order chi connectivity index (χ0) is 16.2. The largest absolute Gasteiger partial charge is 0.416 e. The molecule has 0 aliphatic rings. The summed E-state index contributed by atoms with van der Waals surface area (Å²) in [5.74, 6) is -0.775. The number of amides is 1. The molecule has 2 aromatic carbocycles. The van der Waals surface area contributed by atoms with E-state index in [1.165, 1.54) is 36.4 Å². The van der Waals surface area contributed by atoms with Gasteiger partial charge >= 0.3 is 6.18 Å². The second kappa shape index (κ2) is 6.60. The van der Waals surface area contributed by atoms with Crippen LogP contribution in [0.15, 0.2) is 48.5 Å². The number of halogens is 4. The number of alkyl halides is 3. The number of benzene rings is 2. The van der Waals surface area contributed by atoms with Crippen LogP contribution in [0.3, 0.4) is 0 Å². The minimum Gasteiger partial charge on any atom is -0.352 e. The summed E-state index contributed by atoms with van der Waals surface area (Å²) in [7, 11) is 0. The Kier molecular flexibility index (Phi) is 4.80. The zero-order valence-corrected chi connectivity index (χ0v) is 11.5. The molecule has 116 valence electrons. The Morgan fingerprint density at radius 2 is 1.68 bits per heavy atom. The van der Waals surface area contributed by atoms with E-state index >= 15 is 0 Å². The van der Waals surface area contributed by atoms with Crippen molar-refractivity contribution in [3.05, 3.63) is 71.0 Å². The maximum atomic E-state index is 12.7. The molecule has 0 spiro atoms. The fraction of sp³-hybridized carbons (Fsp3) is 0.188. The zero-order valence-electron chi connectivity index (χ0n) is 11.5. The molecule has 0 bridgehead atoms. The molecule has 2 rings (SSSR count). The van der Waals surface area contributed by atoms with Crippen molar-refractivity contribution in [3.63, 3.8) is 0 Å². The van der Waals surface area contributed by atoms with Crippen LogP contribution in [0, 0.1) is 5.82 Å². The predicted octanol–water partition coefficient (Wildman–Crippen LogP) is 3.70. The SMILES string of the molecule is O=C(Cc1cccc(C(F)(F)F)c1)NCc1ccc(F)cc1. The second-order valence-electron chi connectivity index (χ2n) is 4.78. The number of carbonyl (C=O) groups excluding carboxylic acids is 1. The molecule has 1 amide bonds. The van der Waals surface area contributed by atoms with Gasteiger partial charge in [0.25, 0.3) is 0 Å². The molecular formula is C16H13F4NO. The van der Waals surface area contributed by atoms with Crippen LogP contribution in [-0.4, -0.2) is 5.91 Å². The third kappa shape index (κ3) is 4.58. The number of hydrogen-bond acceptors (Lipinski definition) is 1. The van der Waals surface area contributed by atoms with E-state index in [-0.39, 0.29) is 24.3 Å². The molecule has 0 saturated carbocycles. The molecule has 0 fully saturated rings. The summed E-state index contributed by atoms with van der Waals surface area (Å²) in [6.07, 6.45) is -4.58. The maximum Gasteiger partial charge on any atom is 0.416 e. The number of nitrogens with one attached hydrogen (secondary N) is 1. The maximum absolute atomic E-state index is 12.7. The van der Waals surface area contributed by atoms with Crippen molar-refractivity contribution in [1.82, 2.24) is 5.32 Å². The standard InChI is InChI=1S/C16H13F4NO/c17-14-6-4-11(5-7-14)10-21-15(22)9-12-2-1-3-13(8-12)16(18,19)20/h1-8H,9-10H2,(H,21,22). The van der Waals surface area contributed by atoms with Gasteiger partial charge in [-0.3, -0.25) is 4.79 Å². The number of rotatable bonds is 4. The highest BCUT2D eigenvalue weighted by atomic mass is 19.4. The number of hydrogen-bond donors (Lipinski definition) is 1. The van der Waals surface area contributed by atoms with Gasteiger partial charge in [0.2, 0.25) is 5.91 Å². The van der Waals surface area contributed by atoms with Crippen molar-refractivity contribution < 1.29 is 22.4 Å². The van der Waals surface area contributed by atoms with Gasteiger partial charge in [-0.2, -0.15) is 13.2 Å². The Balaban J connectivity index is 1.93. The lowest BCUT2D eigenvalue weighted by Crippen LogP contribution is -2.24. The van der Waals surface area contributed by atoms with Gasteiger partial charge in [0.15, 0.2) is 0 Å².